The van der Waals surface area contributed by atoms with Crippen LogP contribution in [0, 0.1) is 5.92 Å². The Labute approximate surface area is 198 Å². The highest BCUT2D eigenvalue weighted by molar-refractivity contribution is 6.35. The van der Waals surface area contributed by atoms with Crippen molar-refractivity contribution in [3.63, 3.8) is 0 Å². The average molecular weight is 483 g/mol. The number of aromatic carboxylic acids is 1. The molecule has 2 heterocycles. The Kier molecular flexibility index (Phi) is 5.32. The molecule has 7 nitrogen and oxygen atoms in total. The van der Waals surface area contributed by atoms with E-state index < -0.39 is 35.8 Å². The van der Waals surface area contributed by atoms with Crippen molar-refractivity contribution in [2.45, 2.75) is 12.1 Å². The van der Waals surface area contributed by atoms with Gasteiger partial charge in [0.05, 0.1) is 23.0 Å². The van der Waals surface area contributed by atoms with Crippen molar-refractivity contribution in [3.05, 3.63) is 94.0 Å². The van der Waals surface area contributed by atoms with E-state index in [1.54, 1.807) is 23.3 Å². The predicted octanol–water partition coefficient (Wildman–Crippen LogP) is 4.74. The number of halogens is 2. The molecule has 0 aromatic heterocycles. The maximum absolute atomic E-state index is 13.6. The van der Waals surface area contributed by atoms with Crippen molar-refractivity contribution in [1.29, 1.82) is 0 Å². The molecule has 2 aliphatic heterocycles. The molecule has 2 aliphatic rings. The van der Waals surface area contributed by atoms with Gasteiger partial charge in [0.15, 0.2) is 6.10 Å². The largest absolute Gasteiger partial charge is 0.478 e. The average Bonchev–Trinajstić information content (AvgIpc) is 3.30. The first-order chi connectivity index (χ1) is 15.9. The summed E-state index contributed by atoms with van der Waals surface area (Å²) >= 11 is 12.6. The van der Waals surface area contributed by atoms with Crippen molar-refractivity contribution in [2.24, 2.45) is 5.92 Å². The van der Waals surface area contributed by atoms with Crippen LogP contribution in [0.3, 0.4) is 0 Å². The first-order valence-electron chi connectivity index (χ1n) is 10.0. The number of carboxylic acids is 1. The molecule has 2 fully saturated rings. The molecule has 0 radical (unpaired) electrons. The second-order valence-electron chi connectivity index (χ2n) is 7.69. The third-order valence-electron chi connectivity index (χ3n) is 5.78. The van der Waals surface area contributed by atoms with Crippen LogP contribution in [0.25, 0.3) is 0 Å². The Morgan fingerprint density at radius 1 is 0.879 bits per heavy atom. The Hall–Kier alpha value is -3.39. The van der Waals surface area contributed by atoms with E-state index in [1.165, 1.54) is 24.3 Å². The second kappa shape index (κ2) is 8.19. The second-order valence-corrected chi connectivity index (χ2v) is 8.53. The Bertz CT molecular complexity index is 1270. The van der Waals surface area contributed by atoms with E-state index in [9.17, 15) is 14.4 Å². The van der Waals surface area contributed by atoms with Gasteiger partial charge in [-0.3, -0.25) is 14.4 Å². The summed E-state index contributed by atoms with van der Waals surface area (Å²) < 4.78 is 0. The van der Waals surface area contributed by atoms with Gasteiger partial charge in [-0.1, -0.05) is 47.5 Å². The zero-order valence-electron chi connectivity index (χ0n) is 16.9. The standard InChI is InChI=1S/C24H16Cl2N2O5/c25-14-8-11-17(18(26)12-14)20-19-21(33-28(20)16-4-2-1-3-5-16)23(30)27(22(19)29)15-9-6-13(7-10-15)24(31)32/h1-12,19-21H,(H,31,32)/t19-,20+,21+/m0/s1. The Morgan fingerprint density at radius 3 is 2.21 bits per heavy atom. The van der Waals surface area contributed by atoms with Crippen LogP contribution in [-0.4, -0.2) is 29.0 Å². The maximum atomic E-state index is 13.6. The molecule has 0 bridgehead atoms. The lowest BCUT2D eigenvalue weighted by molar-refractivity contribution is -0.126. The first kappa shape index (κ1) is 21.5. The van der Waals surface area contributed by atoms with Crippen LogP contribution in [0.1, 0.15) is 22.0 Å². The number of hydrogen-bond acceptors (Lipinski definition) is 5. The number of rotatable bonds is 4. The molecule has 9 heteroatoms. The lowest BCUT2D eigenvalue weighted by Gasteiger charge is -2.29. The molecule has 0 saturated carbocycles. The van der Waals surface area contributed by atoms with E-state index in [-0.39, 0.29) is 11.3 Å². The number of anilines is 2. The summed E-state index contributed by atoms with van der Waals surface area (Å²) in [7, 11) is 0. The van der Waals surface area contributed by atoms with Gasteiger partial charge in [-0.15, -0.1) is 0 Å². The molecular weight excluding hydrogens is 467 g/mol. The summed E-state index contributed by atoms with van der Waals surface area (Å²) in [6, 6.07) is 19.0. The van der Waals surface area contributed by atoms with Crippen LogP contribution < -0.4 is 9.96 Å². The number of hydrogen-bond donors (Lipinski definition) is 1. The van der Waals surface area contributed by atoms with E-state index in [4.69, 9.17) is 33.1 Å². The predicted molar refractivity (Wildman–Crippen MR) is 122 cm³/mol. The fourth-order valence-corrected chi connectivity index (χ4v) is 4.80. The van der Waals surface area contributed by atoms with Crippen LogP contribution in [-0.2, 0) is 14.4 Å². The number of carbonyl (C=O) groups excluding carboxylic acids is 2. The molecule has 166 valence electrons. The van der Waals surface area contributed by atoms with Crippen LogP contribution in [0.4, 0.5) is 11.4 Å². The number of imide groups is 1. The molecule has 33 heavy (non-hydrogen) atoms. The van der Waals surface area contributed by atoms with Crippen LogP contribution >= 0.6 is 23.2 Å². The van der Waals surface area contributed by atoms with Gasteiger partial charge in [-0.05, 0) is 54.1 Å². The van der Waals surface area contributed by atoms with Crippen molar-refractivity contribution >= 4 is 52.4 Å². The third kappa shape index (κ3) is 3.54. The molecule has 2 saturated heterocycles. The van der Waals surface area contributed by atoms with E-state index in [1.807, 2.05) is 30.3 Å². The fourth-order valence-electron chi connectivity index (χ4n) is 4.28. The van der Waals surface area contributed by atoms with Gasteiger partial charge in [-0.25, -0.2) is 14.8 Å². The van der Waals surface area contributed by atoms with Gasteiger partial charge >= 0.3 is 5.97 Å². The summed E-state index contributed by atoms with van der Waals surface area (Å²) in [5.74, 6) is -2.95. The molecule has 3 atom stereocenters. The van der Waals surface area contributed by atoms with Crippen LogP contribution in [0.2, 0.25) is 10.0 Å². The fraction of sp³-hybridized carbons (Fsp3) is 0.125. The number of amides is 2. The normalized spacial score (nSPS) is 22.1. The summed E-state index contributed by atoms with van der Waals surface area (Å²) in [6.45, 7) is 0. The van der Waals surface area contributed by atoms with Crippen LogP contribution in [0.15, 0.2) is 72.8 Å². The van der Waals surface area contributed by atoms with Gasteiger partial charge in [0.25, 0.3) is 5.91 Å². The minimum absolute atomic E-state index is 0.0513. The molecule has 3 aromatic carbocycles. The minimum Gasteiger partial charge on any atom is -0.478 e. The highest BCUT2D eigenvalue weighted by atomic mass is 35.5. The molecule has 5 rings (SSSR count). The minimum atomic E-state index is -1.10. The molecule has 0 spiro atoms. The van der Waals surface area contributed by atoms with Crippen molar-refractivity contribution in [1.82, 2.24) is 0 Å². The van der Waals surface area contributed by atoms with E-state index >= 15 is 0 Å². The summed E-state index contributed by atoms with van der Waals surface area (Å²) in [4.78, 5) is 45.1. The monoisotopic (exact) mass is 482 g/mol. The molecule has 0 aliphatic carbocycles. The molecule has 0 unspecified atom stereocenters. The number of hydroxylamine groups is 1. The highest BCUT2D eigenvalue weighted by Gasteiger charge is 2.60. The van der Waals surface area contributed by atoms with Gasteiger partial charge in [0, 0.05) is 10.0 Å². The highest BCUT2D eigenvalue weighted by Crippen LogP contribution is 2.49. The Morgan fingerprint density at radius 2 is 1.58 bits per heavy atom. The van der Waals surface area contributed by atoms with Crippen molar-refractivity contribution < 1.29 is 24.3 Å². The number of fused-ring (bicyclic) bond motifs is 1. The van der Waals surface area contributed by atoms with Gasteiger partial charge in [0.2, 0.25) is 5.91 Å². The third-order valence-corrected chi connectivity index (χ3v) is 6.34. The van der Waals surface area contributed by atoms with Gasteiger partial charge < -0.3 is 5.11 Å². The number of nitrogens with zero attached hydrogens (tertiary/aromatic N) is 2. The number of carboxylic acid groups (broad SMARTS) is 1. The molecule has 2 amide bonds. The molecule has 3 aromatic rings. The summed E-state index contributed by atoms with van der Waals surface area (Å²) in [5.41, 5.74) is 1.60. The quantitative estimate of drug-likeness (QED) is 0.540. The number of carbonyl (C=O) groups is 3. The summed E-state index contributed by atoms with van der Waals surface area (Å²) in [6.07, 6.45) is -1.06. The topological polar surface area (TPSA) is 87.2 Å². The first-order valence-corrected chi connectivity index (χ1v) is 10.8. The van der Waals surface area contributed by atoms with Gasteiger partial charge in [0.1, 0.15) is 5.92 Å². The number of para-hydroxylation sites is 1. The lowest BCUT2D eigenvalue weighted by atomic mass is 9.90. The van der Waals surface area contributed by atoms with Crippen molar-refractivity contribution in [2.75, 3.05) is 9.96 Å². The zero-order valence-corrected chi connectivity index (χ0v) is 18.4. The van der Waals surface area contributed by atoms with Crippen molar-refractivity contribution in [3.8, 4) is 0 Å². The lowest BCUT2D eigenvalue weighted by Crippen LogP contribution is -2.37. The van der Waals surface area contributed by atoms with E-state index in [0.29, 0.717) is 21.3 Å². The molecular formula is C24H16Cl2N2O5. The van der Waals surface area contributed by atoms with E-state index in [0.717, 1.165) is 4.90 Å². The summed E-state index contributed by atoms with van der Waals surface area (Å²) in [5, 5.41) is 11.5. The maximum Gasteiger partial charge on any atom is 0.335 e. The smallest absolute Gasteiger partial charge is 0.335 e. The molecule has 1 N–H and O–H groups in total. The van der Waals surface area contributed by atoms with Gasteiger partial charge in [-0.2, -0.15) is 0 Å². The Balaban J connectivity index is 1.58. The SMILES string of the molecule is O=C(O)c1ccc(N2C(=O)[C@H]3[C@@H](c4ccc(Cl)cc4Cl)N(c4ccccc4)O[C@H]3C2=O)cc1. The zero-order chi connectivity index (χ0) is 23.3. The van der Waals surface area contributed by atoms with Crippen LogP contribution in [0.5, 0.6) is 0 Å². The number of benzene rings is 3. The van der Waals surface area contributed by atoms with E-state index in [2.05, 4.69) is 0 Å².